The van der Waals surface area contributed by atoms with Crippen LogP contribution in [0.3, 0.4) is 0 Å². The lowest BCUT2D eigenvalue weighted by Gasteiger charge is -2.20. The standard InChI is InChI=1S/C16H21NO5S/c1-3-17(12-14-8-9-21-13-14)23(18,19)16-6-4-15(5-7-16)22-11-10-20-2/h4-9,13H,3,10-12H2,1-2H3. The number of methoxy groups -OCH3 is 1. The summed E-state index contributed by atoms with van der Waals surface area (Å²) in [6, 6.07) is 8.15. The predicted molar refractivity (Wildman–Crippen MR) is 85.8 cm³/mol. The van der Waals surface area contributed by atoms with Crippen LogP contribution in [-0.2, 0) is 21.3 Å². The van der Waals surface area contributed by atoms with E-state index >= 15 is 0 Å². The molecule has 0 aliphatic carbocycles. The number of rotatable bonds is 9. The maximum absolute atomic E-state index is 12.7. The zero-order valence-corrected chi connectivity index (χ0v) is 14.1. The second kappa shape index (κ2) is 8.14. The van der Waals surface area contributed by atoms with Gasteiger partial charge in [-0.05, 0) is 30.3 Å². The zero-order chi connectivity index (χ0) is 16.7. The maximum atomic E-state index is 12.7. The first kappa shape index (κ1) is 17.5. The Bertz CT molecular complexity index is 680. The lowest BCUT2D eigenvalue weighted by atomic mass is 10.3. The molecule has 23 heavy (non-hydrogen) atoms. The first-order chi connectivity index (χ1) is 11.1. The molecule has 2 rings (SSSR count). The van der Waals surface area contributed by atoms with Crippen molar-refractivity contribution in [1.82, 2.24) is 4.31 Å². The molecule has 1 heterocycles. The van der Waals surface area contributed by atoms with Gasteiger partial charge in [-0.15, -0.1) is 0 Å². The van der Waals surface area contributed by atoms with Crippen molar-refractivity contribution in [3.63, 3.8) is 0 Å². The largest absolute Gasteiger partial charge is 0.491 e. The molecule has 0 saturated heterocycles. The van der Waals surface area contributed by atoms with E-state index in [4.69, 9.17) is 13.9 Å². The van der Waals surface area contributed by atoms with Crippen LogP contribution < -0.4 is 4.74 Å². The number of nitrogens with zero attached hydrogens (tertiary/aromatic N) is 1. The van der Waals surface area contributed by atoms with E-state index in [1.807, 2.05) is 0 Å². The van der Waals surface area contributed by atoms with Gasteiger partial charge in [0.05, 0.1) is 24.0 Å². The Hall–Kier alpha value is -1.83. The summed E-state index contributed by atoms with van der Waals surface area (Å²) in [7, 11) is -1.96. The average molecular weight is 339 g/mol. The number of furan rings is 1. The van der Waals surface area contributed by atoms with Gasteiger partial charge in [0.2, 0.25) is 10.0 Å². The summed E-state index contributed by atoms with van der Waals surface area (Å²) in [5, 5.41) is 0. The molecule has 0 aliphatic heterocycles. The van der Waals surface area contributed by atoms with Crippen LogP contribution in [0.25, 0.3) is 0 Å². The van der Waals surface area contributed by atoms with E-state index in [0.717, 1.165) is 5.56 Å². The third kappa shape index (κ3) is 4.57. The van der Waals surface area contributed by atoms with Crippen molar-refractivity contribution >= 4 is 10.0 Å². The molecule has 0 bridgehead atoms. The van der Waals surface area contributed by atoms with Gasteiger partial charge in [-0.25, -0.2) is 8.42 Å². The van der Waals surface area contributed by atoms with Crippen molar-refractivity contribution in [3.8, 4) is 5.75 Å². The van der Waals surface area contributed by atoms with Crippen molar-refractivity contribution in [2.45, 2.75) is 18.4 Å². The van der Waals surface area contributed by atoms with Gasteiger partial charge in [-0.1, -0.05) is 6.92 Å². The van der Waals surface area contributed by atoms with Crippen molar-refractivity contribution in [2.75, 3.05) is 26.9 Å². The molecule has 0 fully saturated rings. The lowest BCUT2D eigenvalue weighted by Crippen LogP contribution is -2.30. The van der Waals surface area contributed by atoms with Gasteiger partial charge in [-0.3, -0.25) is 0 Å². The molecule has 1 aromatic heterocycles. The monoisotopic (exact) mass is 339 g/mol. The summed E-state index contributed by atoms with van der Waals surface area (Å²) >= 11 is 0. The summed E-state index contributed by atoms with van der Waals surface area (Å²) in [5.74, 6) is 0.610. The van der Waals surface area contributed by atoms with Gasteiger partial charge in [0, 0.05) is 25.8 Å². The van der Waals surface area contributed by atoms with Gasteiger partial charge in [0.25, 0.3) is 0 Å². The molecule has 0 atom stereocenters. The molecule has 0 saturated carbocycles. The number of ether oxygens (including phenoxy) is 2. The van der Waals surface area contributed by atoms with Gasteiger partial charge < -0.3 is 13.9 Å². The van der Waals surface area contributed by atoms with E-state index < -0.39 is 10.0 Å². The van der Waals surface area contributed by atoms with Crippen molar-refractivity contribution < 1.29 is 22.3 Å². The van der Waals surface area contributed by atoms with Crippen molar-refractivity contribution in [2.24, 2.45) is 0 Å². The van der Waals surface area contributed by atoms with Crippen molar-refractivity contribution in [3.05, 3.63) is 48.4 Å². The molecule has 0 radical (unpaired) electrons. The lowest BCUT2D eigenvalue weighted by molar-refractivity contribution is 0.146. The van der Waals surface area contributed by atoms with E-state index in [1.165, 1.54) is 10.6 Å². The quantitative estimate of drug-likeness (QED) is 0.657. The van der Waals surface area contributed by atoms with E-state index in [2.05, 4.69) is 0 Å². The SMILES string of the molecule is CCN(Cc1ccoc1)S(=O)(=O)c1ccc(OCCOC)cc1. The molecule has 0 spiro atoms. The van der Waals surface area contributed by atoms with E-state index in [1.54, 1.807) is 50.6 Å². The number of benzene rings is 1. The first-order valence-corrected chi connectivity index (χ1v) is 8.75. The Morgan fingerprint density at radius 3 is 2.43 bits per heavy atom. The van der Waals surface area contributed by atoms with Gasteiger partial charge in [0.15, 0.2) is 0 Å². The van der Waals surface area contributed by atoms with Crippen LogP contribution in [0.15, 0.2) is 52.2 Å². The fourth-order valence-corrected chi connectivity index (χ4v) is 3.49. The molecule has 0 amide bonds. The van der Waals surface area contributed by atoms with Crippen LogP contribution >= 0.6 is 0 Å². The van der Waals surface area contributed by atoms with E-state index in [-0.39, 0.29) is 11.4 Å². The second-order valence-electron chi connectivity index (χ2n) is 4.88. The summed E-state index contributed by atoms with van der Waals surface area (Å²) < 4.78 is 42.1. The van der Waals surface area contributed by atoms with E-state index in [0.29, 0.717) is 25.5 Å². The Labute approximate surface area is 136 Å². The highest BCUT2D eigenvalue weighted by atomic mass is 32.2. The average Bonchev–Trinajstić information content (AvgIpc) is 3.06. The fraction of sp³-hybridized carbons (Fsp3) is 0.375. The van der Waals surface area contributed by atoms with Crippen LogP contribution in [0.5, 0.6) is 5.75 Å². The minimum absolute atomic E-state index is 0.238. The second-order valence-corrected chi connectivity index (χ2v) is 6.81. The summed E-state index contributed by atoms with van der Waals surface area (Å²) in [6.07, 6.45) is 3.08. The number of hydrogen-bond acceptors (Lipinski definition) is 5. The number of hydrogen-bond donors (Lipinski definition) is 0. The molecule has 6 nitrogen and oxygen atoms in total. The normalized spacial score (nSPS) is 11.8. The first-order valence-electron chi connectivity index (χ1n) is 7.31. The zero-order valence-electron chi connectivity index (χ0n) is 13.3. The van der Waals surface area contributed by atoms with Gasteiger partial charge >= 0.3 is 0 Å². The van der Waals surface area contributed by atoms with Crippen LogP contribution in [0.2, 0.25) is 0 Å². The smallest absolute Gasteiger partial charge is 0.243 e. The third-order valence-corrected chi connectivity index (χ3v) is 5.24. The maximum Gasteiger partial charge on any atom is 0.243 e. The van der Waals surface area contributed by atoms with Crippen molar-refractivity contribution in [1.29, 1.82) is 0 Å². The van der Waals surface area contributed by atoms with Crippen LogP contribution in [0.1, 0.15) is 12.5 Å². The van der Waals surface area contributed by atoms with Crippen LogP contribution in [0.4, 0.5) is 0 Å². The highest BCUT2D eigenvalue weighted by molar-refractivity contribution is 7.89. The minimum atomic E-state index is -3.56. The molecule has 7 heteroatoms. The predicted octanol–water partition coefficient (Wildman–Crippen LogP) is 2.52. The molecule has 1 aromatic carbocycles. The molecular weight excluding hydrogens is 318 g/mol. The summed E-state index contributed by atoms with van der Waals surface area (Å²) in [4.78, 5) is 0.238. The Morgan fingerprint density at radius 2 is 1.87 bits per heavy atom. The number of sulfonamides is 1. The third-order valence-electron chi connectivity index (χ3n) is 3.31. The Morgan fingerprint density at radius 1 is 1.13 bits per heavy atom. The molecule has 2 aromatic rings. The minimum Gasteiger partial charge on any atom is -0.491 e. The van der Waals surface area contributed by atoms with Gasteiger partial charge in [-0.2, -0.15) is 4.31 Å². The molecule has 0 N–H and O–H groups in total. The van der Waals surface area contributed by atoms with E-state index in [9.17, 15) is 8.42 Å². The molecule has 0 unspecified atom stereocenters. The summed E-state index contributed by atoms with van der Waals surface area (Å²) in [6.45, 7) is 3.36. The highest BCUT2D eigenvalue weighted by Gasteiger charge is 2.23. The van der Waals surface area contributed by atoms with Gasteiger partial charge in [0.1, 0.15) is 12.4 Å². The summed E-state index contributed by atoms with van der Waals surface area (Å²) in [5.41, 5.74) is 0.815. The molecule has 0 aliphatic rings. The van der Waals surface area contributed by atoms with Crippen LogP contribution in [0, 0.1) is 0 Å². The fourth-order valence-electron chi connectivity index (χ4n) is 2.05. The highest BCUT2D eigenvalue weighted by Crippen LogP contribution is 2.21. The molecule has 126 valence electrons. The van der Waals surface area contributed by atoms with Crippen LogP contribution in [-0.4, -0.2) is 39.6 Å². The Kier molecular flexibility index (Phi) is 6.20. The molecular formula is C16H21NO5S. The Balaban J connectivity index is 2.10. The topological polar surface area (TPSA) is 69.0 Å².